The van der Waals surface area contributed by atoms with E-state index < -0.39 is 0 Å². The summed E-state index contributed by atoms with van der Waals surface area (Å²) in [6, 6.07) is -0.223. The van der Waals surface area contributed by atoms with Crippen molar-refractivity contribution in [3.05, 3.63) is 12.3 Å². The number of amides is 1. The summed E-state index contributed by atoms with van der Waals surface area (Å²) in [4.78, 5) is 16.8. The van der Waals surface area contributed by atoms with E-state index in [1.807, 2.05) is 18.0 Å². The molecule has 0 fully saturated rings. The van der Waals surface area contributed by atoms with E-state index in [1.54, 1.807) is 12.3 Å². The Morgan fingerprint density at radius 3 is 3.00 bits per heavy atom. The van der Waals surface area contributed by atoms with Crippen molar-refractivity contribution in [3.63, 3.8) is 0 Å². The lowest BCUT2D eigenvalue weighted by atomic mass is 10.2. The van der Waals surface area contributed by atoms with Crippen molar-refractivity contribution in [3.8, 4) is 0 Å². The summed E-state index contributed by atoms with van der Waals surface area (Å²) in [5.74, 6) is -0.292. The van der Waals surface area contributed by atoms with Gasteiger partial charge in [0, 0.05) is 12.4 Å². The monoisotopic (exact) mass is 167 g/mol. The molecule has 0 aromatic heterocycles. The van der Waals surface area contributed by atoms with Crippen LogP contribution in [0, 0.1) is 0 Å². The lowest BCUT2D eigenvalue weighted by molar-refractivity contribution is -0.122. The molecule has 2 N–H and O–H groups in total. The van der Waals surface area contributed by atoms with Crippen LogP contribution in [0.1, 0.15) is 13.3 Å². The van der Waals surface area contributed by atoms with Crippen molar-refractivity contribution in [2.45, 2.75) is 19.4 Å². The Balaban J connectivity index is 2.60. The summed E-state index contributed by atoms with van der Waals surface area (Å²) >= 11 is 0. The molecule has 1 heterocycles. The maximum Gasteiger partial charge on any atom is 0.240 e. The third kappa shape index (κ3) is 1.84. The molecule has 0 aliphatic carbocycles. The number of hydrogen-bond acceptors (Lipinski definition) is 3. The Kier molecular flexibility index (Phi) is 2.85. The number of carbonyl (C=O) groups excluding carboxylic acids is 1. The summed E-state index contributed by atoms with van der Waals surface area (Å²) in [5.41, 5.74) is 5.21. The van der Waals surface area contributed by atoms with Crippen LogP contribution in [0.5, 0.6) is 0 Å². The first-order chi connectivity index (χ1) is 5.75. The van der Waals surface area contributed by atoms with Crippen molar-refractivity contribution >= 4 is 12.1 Å². The van der Waals surface area contributed by atoms with Crippen LogP contribution in [0.25, 0.3) is 0 Å². The van der Waals surface area contributed by atoms with Crippen LogP contribution in [0.4, 0.5) is 0 Å². The first kappa shape index (κ1) is 8.77. The van der Waals surface area contributed by atoms with Gasteiger partial charge in [-0.25, -0.2) is 0 Å². The smallest absolute Gasteiger partial charge is 0.240 e. The van der Waals surface area contributed by atoms with Crippen molar-refractivity contribution in [2.24, 2.45) is 10.7 Å². The fourth-order valence-corrected chi connectivity index (χ4v) is 1.20. The highest BCUT2D eigenvalue weighted by Gasteiger charge is 2.18. The molecule has 0 radical (unpaired) electrons. The first-order valence-corrected chi connectivity index (χ1v) is 3.97. The Bertz CT molecular complexity index is 222. The fourth-order valence-electron chi connectivity index (χ4n) is 1.20. The molecule has 66 valence electrons. The predicted octanol–water partition coefficient (Wildman–Crippen LogP) is 0.108. The van der Waals surface area contributed by atoms with Gasteiger partial charge in [-0.1, -0.05) is 6.92 Å². The lowest BCUT2D eigenvalue weighted by Gasteiger charge is -2.26. The van der Waals surface area contributed by atoms with Gasteiger partial charge in [0.15, 0.2) is 0 Å². The lowest BCUT2D eigenvalue weighted by Crippen LogP contribution is -2.42. The number of primary amides is 1. The molecule has 4 nitrogen and oxygen atoms in total. The second kappa shape index (κ2) is 3.90. The molecule has 1 amide bonds. The SMILES string of the molecule is CCC(C(N)=O)N1C=CC=NC1. The third-order valence-corrected chi connectivity index (χ3v) is 1.83. The van der Waals surface area contributed by atoms with Gasteiger partial charge in [0.25, 0.3) is 0 Å². The van der Waals surface area contributed by atoms with Gasteiger partial charge in [0.1, 0.15) is 12.7 Å². The van der Waals surface area contributed by atoms with E-state index in [0.717, 1.165) is 6.42 Å². The molecule has 1 unspecified atom stereocenters. The number of rotatable bonds is 3. The van der Waals surface area contributed by atoms with Gasteiger partial charge in [0.05, 0.1) is 0 Å². The number of nitrogens with two attached hydrogens (primary N) is 1. The highest BCUT2D eigenvalue weighted by atomic mass is 16.1. The molecular weight excluding hydrogens is 154 g/mol. The molecule has 0 aromatic carbocycles. The molecule has 0 saturated carbocycles. The van der Waals surface area contributed by atoms with Gasteiger partial charge in [-0.2, -0.15) is 0 Å². The van der Waals surface area contributed by atoms with Gasteiger partial charge < -0.3 is 10.6 Å². The number of carbonyl (C=O) groups is 1. The molecule has 4 heteroatoms. The fraction of sp³-hybridized carbons (Fsp3) is 0.500. The molecule has 1 aliphatic heterocycles. The average Bonchev–Trinajstić information content (AvgIpc) is 2.07. The van der Waals surface area contributed by atoms with Crippen molar-refractivity contribution in [2.75, 3.05) is 6.67 Å². The van der Waals surface area contributed by atoms with E-state index in [9.17, 15) is 4.79 Å². The molecule has 0 saturated heterocycles. The summed E-state index contributed by atoms with van der Waals surface area (Å²) in [5, 5.41) is 0. The quantitative estimate of drug-likeness (QED) is 0.648. The largest absolute Gasteiger partial charge is 0.368 e. The number of nitrogens with zero attached hydrogens (tertiary/aromatic N) is 2. The Morgan fingerprint density at radius 2 is 2.58 bits per heavy atom. The minimum absolute atomic E-state index is 0.223. The van der Waals surface area contributed by atoms with Crippen LogP contribution in [0.3, 0.4) is 0 Å². The van der Waals surface area contributed by atoms with E-state index in [1.165, 1.54) is 0 Å². The van der Waals surface area contributed by atoms with E-state index in [0.29, 0.717) is 6.67 Å². The van der Waals surface area contributed by atoms with Gasteiger partial charge in [-0.15, -0.1) is 0 Å². The van der Waals surface area contributed by atoms with Gasteiger partial charge in [-0.3, -0.25) is 9.79 Å². The van der Waals surface area contributed by atoms with E-state index in [4.69, 9.17) is 5.73 Å². The second-order valence-electron chi connectivity index (χ2n) is 2.66. The summed E-state index contributed by atoms with van der Waals surface area (Å²) < 4.78 is 0. The zero-order valence-electron chi connectivity index (χ0n) is 7.10. The van der Waals surface area contributed by atoms with Crippen LogP contribution in [0.2, 0.25) is 0 Å². The average molecular weight is 167 g/mol. The van der Waals surface area contributed by atoms with Crippen LogP contribution in [-0.2, 0) is 4.79 Å². The molecule has 12 heavy (non-hydrogen) atoms. The van der Waals surface area contributed by atoms with Crippen LogP contribution in [-0.4, -0.2) is 29.7 Å². The van der Waals surface area contributed by atoms with Crippen molar-refractivity contribution < 1.29 is 4.79 Å². The van der Waals surface area contributed by atoms with Gasteiger partial charge in [0.2, 0.25) is 5.91 Å². The zero-order chi connectivity index (χ0) is 8.97. The summed E-state index contributed by atoms with van der Waals surface area (Å²) in [7, 11) is 0. The topological polar surface area (TPSA) is 58.7 Å². The Labute approximate surface area is 71.8 Å². The van der Waals surface area contributed by atoms with E-state index in [-0.39, 0.29) is 11.9 Å². The molecule has 0 aromatic rings. The normalized spacial score (nSPS) is 17.9. The van der Waals surface area contributed by atoms with Gasteiger partial charge >= 0.3 is 0 Å². The van der Waals surface area contributed by atoms with Crippen LogP contribution >= 0.6 is 0 Å². The number of allylic oxidation sites excluding steroid dienone is 1. The molecule has 1 atom stereocenters. The van der Waals surface area contributed by atoms with Crippen LogP contribution < -0.4 is 5.73 Å². The van der Waals surface area contributed by atoms with Crippen molar-refractivity contribution in [1.82, 2.24) is 4.90 Å². The maximum atomic E-state index is 10.9. The highest BCUT2D eigenvalue weighted by molar-refractivity contribution is 5.80. The first-order valence-electron chi connectivity index (χ1n) is 3.97. The highest BCUT2D eigenvalue weighted by Crippen LogP contribution is 2.06. The third-order valence-electron chi connectivity index (χ3n) is 1.83. The van der Waals surface area contributed by atoms with E-state index in [2.05, 4.69) is 4.99 Å². The molecule has 0 bridgehead atoms. The van der Waals surface area contributed by atoms with Crippen LogP contribution in [0.15, 0.2) is 17.3 Å². The number of aliphatic imine (C=N–C) groups is 1. The molecule has 0 spiro atoms. The molecular formula is C8H13N3O. The van der Waals surface area contributed by atoms with Gasteiger partial charge in [-0.05, 0) is 12.5 Å². The predicted molar refractivity (Wildman–Crippen MR) is 47.6 cm³/mol. The number of hydrogen-bond donors (Lipinski definition) is 1. The standard InChI is InChI=1S/C8H13N3O/c1-2-7(8(9)12)11-5-3-4-10-6-11/h3-5,7H,2,6H2,1H3,(H2,9,12). The minimum Gasteiger partial charge on any atom is -0.368 e. The Hall–Kier alpha value is -1.32. The summed E-state index contributed by atoms with van der Waals surface area (Å²) in [6.45, 7) is 2.46. The summed E-state index contributed by atoms with van der Waals surface area (Å²) in [6.07, 6.45) is 6.07. The van der Waals surface area contributed by atoms with Crippen molar-refractivity contribution in [1.29, 1.82) is 0 Å². The Morgan fingerprint density at radius 1 is 1.83 bits per heavy atom. The molecule has 1 rings (SSSR count). The maximum absolute atomic E-state index is 10.9. The molecule has 1 aliphatic rings. The van der Waals surface area contributed by atoms with E-state index >= 15 is 0 Å². The second-order valence-corrected chi connectivity index (χ2v) is 2.66. The zero-order valence-corrected chi connectivity index (χ0v) is 7.10. The minimum atomic E-state index is -0.292.